The summed E-state index contributed by atoms with van der Waals surface area (Å²) in [6.07, 6.45) is 1.68. The number of anilines is 1. The van der Waals surface area contributed by atoms with Crippen molar-refractivity contribution in [1.82, 2.24) is 10.2 Å². The summed E-state index contributed by atoms with van der Waals surface area (Å²) < 4.78 is 12.9. The molecule has 1 aliphatic rings. The summed E-state index contributed by atoms with van der Waals surface area (Å²) in [4.78, 5) is 38.9. The van der Waals surface area contributed by atoms with Crippen LogP contribution in [0, 0.1) is 19.7 Å². The number of nitrogens with zero attached hydrogens (tertiary/aromatic N) is 1. The highest BCUT2D eigenvalue weighted by molar-refractivity contribution is 5.99. The van der Waals surface area contributed by atoms with E-state index >= 15 is 0 Å². The van der Waals surface area contributed by atoms with E-state index < -0.39 is 0 Å². The lowest BCUT2D eigenvalue weighted by atomic mass is 9.98. The number of likely N-dealkylation sites (tertiary alicyclic amines) is 1. The van der Waals surface area contributed by atoms with Crippen molar-refractivity contribution in [2.75, 3.05) is 18.4 Å². The van der Waals surface area contributed by atoms with Crippen molar-refractivity contribution in [2.24, 2.45) is 0 Å². The first-order valence-corrected chi connectivity index (χ1v) is 10.5. The predicted molar refractivity (Wildman–Crippen MR) is 118 cm³/mol. The lowest BCUT2D eigenvalue weighted by molar-refractivity contribution is -0.132. The van der Waals surface area contributed by atoms with Crippen molar-refractivity contribution in [3.63, 3.8) is 0 Å². The smallest absolute Gasteiger partial charge is 0.319 e. The van der Waals surface area contributed by atoms with E-state index in [1.807, 2.05) is 32.0 Å². The summed E-state index contributed by atoms with van der Waals surface area (Å²) in [6, 6.07) is 10.9. The minimum Gasteiger partial charge on any atom is -0.343 e. The van der Waals surface area contributed by atoms with Gasteiger partial charge >= 0.3 is 6.03 Å². The molecule has 0 radical (unpaired) electrons. The normalized spacial score (nSPS) is 14.2. The monoisotopic (exact) mass is 425 g/mol. The molecule has 2 aromatic carbocycles. The third-order valence-corrected chi connectivity index (χ3v) is 5.54. The van der Waals surface area contributed by atoms with E-state index in [4.69, 9.17) is 0 Å². The molecule has 2 aromatic rings. The van der Waals surface area contributed by atoms with Gasteiger partial charge in [0, 0.05) is 43.2 Å². The maximum Gasteiger partial charge on any atom is 0.319 e. The molecule has 3 rings (SSSR count). The first-order chi connectivity index (χ1) is 14.8. The zero-order chi connectivity index (χ0) is 22.4. The van der Waals surface area contributed by atoms with Gasteiger partial charge in [0.25, 0.3) is 0 Å². The standard InChI is InChI=1S/C24H28FN3O3/c1-16-3-4-17(2)21(15-16)22(29)9-10-23(30)28-13-11-20(12-14-28)27-24(31)26-19-7-5-18(25)6-8-19/h3-8,15,20H,9-14H2,1-2H3,(H2,26,27,31). The van der Waals surface area contributed by atoms with Crippen molar-refractivity contribution < 1.29 is 18.8 Å². The highest BCUT2D eigenvalue weighted by Crippen LogP contribution is 2.16. The number of amides is 3. The number of nitrogens with one attached hydrogen (secondary N) is 2. The highest BCUT2D eigenvalue weighted by atomic mass is 19.1. The molecule has 0 aliphatic carbocycles. The molecule has 1 fully saturated rings. The molecule has 0 saturated carbocycles. The van der Waals surface area contributed by atoms with Gasteiger partial charge in [-0.15, -0.1) is 0 Å². The molecule has 1 saturated heterocycles. The Kier molecular flexibility index (Phi) is 7.39. The van der Waals surface area contributed by atoms with E-state index in [0.29, 0.717) is 37.2 Å². The van der Waals surface area contributed by atoms with Crippen LogP contribution in [0.2, 0.25) is 0 Å². The molecule has 31 heavy (non-hydrogen) atoms. The minimum absolute atomic E-state index is 0.0106. The molecule has 7 heteroatoms. The van der Waals surface area contributed by atoms with E-state index in [0.717, 1.165) is 11.1 Å². The number of piperidine rings is 1. The fourth-order valence-corrected chi connectivity index (χ4v) is 3.71. The van der Waals surface area contributed by atoms with Crippen molar-refractivity contribution in [3.8, 4) is 0 Å². The van der Waals surface area contributed by atoms with Crippen LogP contribution in [0.5, 0.6) is 0 Å². The Morgan fingerprint density at radius 1 is 1.00 bits per heavy atom. The van der Waals surface area contributed by atoms with Crippen LogP contribution in [0.15, 0.2) is 42.5 Å². The molecule has 164 valence electrons. The second kappa shape index (κ2) is 10.2. The zero-order valence-corrected chi connectivity index (χ0v) is 17.9. The summed E-state index contributed by atoms with van der Waals surface area (Å²) in [7, 11) is 0. The largest absolute Gasteiger partial charge is 0.343 e. The summed E-state index contributed by atoms with van der Waals surface area (Å²) in [5.41, 5.74) is 3.15. The number of Topliss-reactive ketones (excluding diaryl/α,β-unsaturated/α-hetero) is 1. The van der Waals surface area contributed by atoms with Gasteiger partial charge < -0.3 is 15.5 Å². The summed E-state index contributed by atoms with van der Waals surface area (Å²) in [5, 5.41) is 5.56. The van der Waals surface area contributed by atoms with E-state index in [2.05, 4.69) is 10.6 Å². The number of halogens is 1. The van der Waals surface area contributed by atoms with Crippen LogP contribution in [-0.4, -0.2) is 41.8 Å². The average molecular weight is 426 g/mol. The molecule has 2 N–H and O–H groups in total. The van der Waals surface area contributed by atoms with Crippen LogP contribution >= 0.6 is 0 Å². The van der Waals surface area contributed by atoms with Crippen LogP contribution in [0.3, 0.4) is 0 Å². The number of carbonyl (C=O) groups excluding carboxylic acids is 3. The number of urea groups is 1. The van der Waals surface area contributed by atoms with Gasteiger partial charge in [-0.25, -0.2) is 9.18 Å². The molecule has 6 nitrogen and oxygen atoms in total. The first-order valence-electron chi connectivity index (χ1n) is 10.5. The lowest BCUT2D eigenvalue weighted by Crippen LogP contribution is -2.47. The summed E-state index contributed by atoms with van der Waals surface area (Å²) in [5.74, 6) is -0.407. The Hall–Kier alpha value is -3.22. The average Bonchev–Trinajstić information content (AvgIpc) is 2.75. The second-order valence-electron chi connectivity index (χ2n) is 8.00. The Morgan fingerprint density at radius 3 is 2.35 bits per heavy atom. The Bertz CT molecular complexity index is 951. The van der Waals surface area contributed by atoms with Crippen LogP contribution in [0.4, 0.5) is 14.9 Å². The van der Waals surface area contributed by atoms with E-state index in [1.54, 1.807) is 4.90 Å². The van der Waals surface area contributed by atoms with Gasteiger partial charge in [0.2, 0.25) is 5.91 Å². The molecule has 1 heterocycles. The number of carbonyl (C=O) groups is 3. The van der Waals surface area contributed by atoms with Gasteiger partial charge in [0.1, 0.15) is 5.82 Å². The van der Waals surface area contributed by atoms with Gasteiger partial charge in [-0.1, -0.05) is 17.7 Å². The van der Waals surface area contributed by atoms with Crippen LogP contribution in [0.1, 0.15) is 47.2 Å². The number of ketones is 1. The molecule has 0 atom stereocenters. The quantitative estimate of drug-likeness (QED) is 0.681. The number of aryl methyl sites for hydroxylation is 2. The topological polar surface area (TPSA) is 78.5 Å². The van der Waals surface area contributed by atoms with Gasteiger partial charge in [0.15, 0.2) is 5.78 Å². The predicted octanol–water partition coefficient (Wildman–Crippen LogP) is 4.22. The van der Waals surface area contributed by atoms with E-state index in [9.17, 15) is 18.8 Å². The molecule has 1 aliphatic heterocycles. The minimum atomic E-state index is -0.362. The van der Waals surface area contributed by atoms with Crippen LogP contribution < -0.4 is 10.6 Å². The van der Waals surface area contributed by atoms with Gasteiger partial charge in [-0.2, -0.15) is 0 Å². The first kappa shape index (κ1) is 22.5. The fraction of sp³-hybridized carbons (Fsp3) is 0.375. The number of rotatable bonds is 6. The Labute approximate surface area is 181 Å². The fourth-order valence-electron chi connectivity index (χ4n) is 3.71. The third kappa shape index (κ3) is 6.38. The molecule has 0 bridgehead atoms. The maximum atomic E-state index is 12.9. The molecule has 0 unspecified atom stereocenters. The Morgan fingerprint density at radius 2 is 1.68 bits per heavy atom. The molecule has 3 amide bonds. The third-order valence-electron chi connectivity index (χ3n) is 5.54. The summed E-state index contributed by atoms with van der Waals surface area (Å²) in [6.45, 7) is 4.92. The van der Waals surface area contributed by atoms with E-state index in [-0.39, 0.29) is 42.4 Å². The zero-order valence-electron chi connectivity index (χ0n) is 17.9. The van der Waals surface area contributed by atoms with Gasteiger partial charge in [0.05, 0.1) is 0 Å². The Balaban J connectivity index is 1.41. The number of hydrogen-bond donors (Lipinski definition) is 2. The molecule has 0 aromatic heterocycles. The van der Waals surface area contributed by atoms with Crippen molar-refractivity contribution in [1.29, 1.82) is 0 Å². The number of hydrogen-bond acceptors (Lipinski definition) is 3. The van der Waals surface area contributed by atoms with Crippen LogP contribution in [-0.2, 0) is 4.79 Å². The molecular formula is C24H28FN3O3. The maximum absolute atomic E-state index is 12.9. The SMILES string of the molecule is Cc1ccc(C)c(C(=O)CCC(=O)N2CCC(NC(=O)Nc3ccc(F)cc3)CC2)c1. The highest BCUT2D eigenvalue weighted by Gasteiger charge is 2.24. The second-order valence-corrected chi connectivity index (χ2v) is 8.00. The van der Waals surface area contributed by atoms with Crippen LogP contribution in [0.25, 0.3) is 0 Å². The van der Waals surface area contributed by atoms with E-state index in [1.165, 1.54) is 24.3 Å². The molecule has 0 spiro atoms. The van der Waals surface area contributed by atoms with Gasteiger partial charge in [-0.3, -0.25) is 9.59 Å². The molecular weight excluding hydrogens is 397 g/mol. The number of benzene rings is 2. The summed E-state index contributed by atoms with van der Waals surface area (Å²) >= 11 is 0. The van der Waals surface area contributed by atoms with Crippen molar-refractivity contribution >= 4 is 23.4 Å². The lowest BCUT2D eigenvalue weighted by Gasteiger charge is -2.32. The van der Waals surface area contributed by atoms with Crippen molar-refractivity contribution in [2.45, 2.75) is 45.6 Å². The van der Waals surface area contributed by atoms with Gasteiger partial charge in [-0.05, 0) is 62.6 Å². The van der Waals surface area contributed by atoms with Crippen molar-refractivity contribution in [3.05, 3.63) is 65.0 Å².